The minimum Gasteiger partial charge on any atom is -0.495 e. The Labute approximate surface area is 188 Å². The number of carbonyl (C=O) groups excluding carboxylic acids is 1. The van der Waals surface area contributed by atoms with Crippen LogP contribution in [-0.2, 0) is 11.3 Å². The molecule has 4 rings (SSSR count). The maximum atomic E-state index is 13.1. The third-order valence-corrected chi connectivity index (χ3v) is 5.31. The molecular weight excluding hydrogens is 432 g/mol. The summed E-state index contributed by atoms with van der Waals surface area (Å²) in [6.45, 7) is 1.81. The number of hydrogen-bond donors (Lipinski definition) is 1. The van der Waals surface area contributed by atoms with Crippen molar-refractivity contribution < 1.29 is 14.3 Å². The molecule has 0 bridgehead atoms. The molecule has 0 saturated carbocycles. The first-order valence-electron chi connectivity index (χ1n) is 9.78. The van der Waals surface area contributed by atoms with Crippen molar-refractivity contribution in [3.63, 3.8) is 0 Å². The molecule has 4 aromatic rings. The fraction of sp³-hybridized carbons (Fsp3) is 0.174. The van der Waals surface area contributed by atoms with Gasteiger partial charge in [-0.3, -0.25) is 14.3 Å². The average molecular weight is 453 g/mol. The molecule has 2 heterocycles. The highest BCUT2D eigenvalue weighted by Gasteiger charge is 2.19. The van der Waals surface area contributed by atoms with Crippen LogP contribution >= 0.6 is 11.6 Å². The quantitative estimate of drug-likeness (QED) is 0.480. The summed E-state index contributed by atoms with van der Waals surface area (Å²) < 4.78 is 13.5. The summed E-state index contributed by atoms with van der Waals surface area (Å²) in [6.07, 6.45) is 1.59. The normalized spacial score (nSPS) is 10.9. The minimum atomic E-state index is -0.382. The van der Waals surface area contributed by atoms with E-state index in [1.54, 1.807) is 35.1 Å². The number of fused-ring (bicyclic) bond motifs is 1. The van der Waals surface area contributed by atoms with E-state index in [4.69, 9.17) is 21.1 Å². The number of methoxy groups -OCH3 is 2. The molecule has 2 aromatic heterocycles. The van der Waals surface area contributed by atoms with E-state index >= 15 is 0 Å². The summed E-state index contributed by atoms with van der Waals surface area (Å²) in [5.41, 5.74) is 2.24. The zero-order chi connectivity index (χ0) is 22.8. The minimum absolute atomic E-state index is 0.156. The third-order valence-electron chi connectivity index (χ3n) is 5.02. The predicted octanol–water partition coefficient (Wildman–Crippen LogP) is 3.80. The van der Waals surface area contributed by atoms with Gasteiger partial charge in [0.2, 0.25) is 5.91 Å². The summed E-state index contributed by atoms with van der Waals surface area (Å²) in [7, 11) is 2.98. The number of nitrogens with one attached hydrogen (secondary N) is 1. The van der Waals surface area contributed by atoms with Crippen LogP contribution in [-0.4, -0.2) is 34.5 Å². The molecule has 0 aliphatic carbocycles. The van der Waals surface area contributed by atoms with Crippen LogP contribution in [0.1, 0.15) is 5.56 Å². The number of rotatable bonds is 6. The molecule has 0 fully saturated rings. The molecule has 1 N–H and O–H groups in total. The number of halogens is 1. The molecule has 9 heteroatoms. The summed E-state index contributed by atoms with van der Waals surface area (Å²) >= 11 is 6.21. The van der Waals surface area contributed by atoms with Crippen molar-refractivity contribution in [2.45, 2.75) is 13.5 Å². The van der Waals surface area contributed by atoms with Crippen molar-refractivity contribution >= 4 is 34.2 Å². The Morgan fingerprint density at radius 1 is 1.09 bits per heavy atom. The Hall–Kier alpha value is -3.78. The number of nitrogens with zero attached hydrogens (tertiary/aromatic N) is 3. The summed E-state index contributed by atoms with van der Waals surface area (Å²) in [5, 5.41) is 3.55. The lowest BCUT2D eigenvalue weighted by Gasteiger charge is -2.15. The lowest BCUT2D eigenvalue weighted by molar-refractivity contribution is -0.117. The molecule has 0 aliphatic rings. The monoisotopic (exact) mass is 452 g/mol. The van der Waals surface area contributed by atoms with Crippen LogP contribution in [0.2, 0.25) is 5.02 Å². The number of ether oxygens (including phenoxy) is 2. The lowest BCUT2D eigenvalue weighted by atomic mass is 10.2. The van der Waals surface area contributed by atoms with E-state index in [0.717, 1.165) is 5.56 Å². The third kappa shape index (κ3) is 3.92. The number of aromatic nitrogens is 3. The highest BCUT2D eigenvalue weighted by atomic mass is 35.5. The Balaban J connectivity index is 1.74. The van der Waals surface area contributed by atoms with Gasteiger partial charge >= 0.3 is 0 Å². The Morgan fingerprint density at radius 3 is 2.50 bits per heavy atom. The van der Waals surface area contributed by atoms with E-state index in [1.165, 1.54) is 18.9 Å². The molecule has 0 radical (unpaired) electrons. The van der Waals surface area contributed by atoms with Gasteiger partial charge < -0.3 is 14.8 Å². The molecular formula is C23H21ClN4O4. The molecule has 1 amide bonds. The van der Waals surface area contributed by atoms with Gasteiger partial charge in [0.05, 0.1) is 36.0 Å². The van der Waals surface area contributed by atoms with E-state index in [-0.39, 0.29) is 18.0 Å². The molecule has 0 spiro atoms. The highest BCUT2D eigenvalue weighted by molar-refractivity contribution is 6.32. The first kappa shape index (κ1) is 21.5. The van der Waals surface area contributed by atoms with Gasteiger partial charge in [0.15, 0.2) is 5.65 Å². The van der Waals surface area contributed by atoms with Gasteiger partial charge in [-0.1, -0.05) is 29.3 Å². The fourth-order valence-electron chi connectivity index (χ4n) is 3.46. The number of carbonyl (C=O) groups is 1. The summed E-state index contributed by atoms with van der Waals surface area (Å²) in [6, 6.07) is 14.0. The van der Waals surface area contributed by atoms with Crippen LogP contribution < -0.4 is 20.3 Å². The number of amides is 1. The van der Waals surface area contributed by atoms with E-state index in [1.807, 2.05) is 31.2 Å². The van der Waals surface area contributed by atoms with Gasteiger partial charge in [-0.25, -0.2) is 9.67 Å². The maximum Gasteiger partial charge on any atom is 0.280 e. The maximum absolute atomic E-state index is 13.1. The molecule has 164 valence electrons. The number of aryl methyl sites for hydroxylation is 1. The molecule has 2 aromatic carbocycles. The lowest BCUT2D eigenvalue weighted by Crippen LogP contribution is -2.27. The van der Waals surface area contributed by atoms with Crippen LogP contribution in [0.3, 0.4) is 0 Å². The molecule has 8 nitrogen and oxygen atoms in total. The highest BCUT2D eigenvalue weighted by Crippen LogP contribution is 2.35. The fourth-order valence-corrected chi connectivity index (χ4v) is 3.70. The van der Waals surface area contributed by atoms with Gasteiger partial charge in [0, 0.05) is 12.3 Å². The van der Waals surface area contributed by atoms with E-state index in [2.05, 4.69) is 10.3 Å². The second-order valence-electron chi connectivity index (χ2n) is 7.12. The van der Waals surface area contributed by atoms with Crippen LogP contribution in [0.15, 0.2) is 59.5 Å². The van der Waals surface area contributed by atoms with Gasteiger partial charge in [-0.15, -0.1) is 0 Å². The van der Waals surface area contributed by atoms with Crippen LogP contribution in [0.5, 0.6) is 11.5 Å². The molecule has 0 atom stereocenters. The standard InChI is InChI=1S/C23H21ClN4O4/c1-14-6-8-15(9-7-14)28-23(30)16-5-4-10-25-22(16)27(28)13-21(29)26-18-11-17(24)19(31-2)12-20(18)32-3/h4-12H,13H2,1-3H3,(H,26,29). The van der Waals surface area contributed by atoms with Crippen molar-refractivity contribution in [2.24, 2.45) is 0 Å². The van der Waals surface area contributed by atoms with Gasteiger partial charge in [-0.2, -0.15) is 0 Å². The van der Waals surface area contributed by atoms with Crippen molar-refractivity contribution in [3.05, 3.63) is 75.7 Å². The second kappa shape index (κ2) is 8.76. The molecule has 0 saturated heterocycles. The number of pyridine rings is 1. The molecule has 0 aliphatic heterocycles. The van der Waals surface area contributed by atoms with Gasteiger partial charge in [0.1, 0.15) is 18.0 Å². The smallest absolute Gasteiger partial charge is 0.280 e. The van der Waals surface area contributed by atoms with E-state index < -0.39 is 0 Å². The van der Waals surface area contributed by atoms with Crippen molar-refractivity contribution in [3.8, 4) is 17.2 Å². The van der Waals surface area contributed by atoms with Crippen LogP contribution in [0.25, 0.3) is 16.7 Å². The SMILES string of the molecule is COc1cc(OC)c(NC(=O)Cn2c3ncccc3c(=O)n2-c2ccc(C)cc2)cc1Cl. The summed E-state index contributed by atoms with van der Waals surface area (Å²) in [5.74, 6) is 0.439. The van der Waals surface area contributed by atoms with E-state index in [0.29, 0.717) is 38.9 Å². The largest absolute Gasteiger partial charge is 0.495 e. The van der Waals surface area contributed by atoms with Crippen LogP contribution in [0.4, 0.5) is 5.69 Å². The predicted molar refractivity (Wildman–Crippen MR) is 123 cm³/mol. The van der Waals surface area contributed by atoms with Crippen molar-refractivity contribution in [1.82, 2.24) is 14.3 Å². The number of hydrogen-bond acceptors (Lipinski definition) is 5. The van der Waals surface area contributed by atoms with Gasteiger partial charge in [-0.05, 0) is 37.3 Å². The first-order chi connectivity index (χ1) is 15.4. The molecule has 0 unspecified atom stereocenters. The van der Waals surface area contributed by atoms with E-state index in [9.17, 15) is 9.59 Å². The Morgan fingerprint density at radius 2 is 1.81 bits per heavy atom. The Bertz CT molecular complexity index is 1360. The summed E-state index contributed by atoms with van der Waals surface area (Å²) in [4.78, 5) is 30.4. The zero-order valence-corrected chi connectivity index (χ0v) is 18.5. The second-order valence-corrected chi connectivity index (χ2v) is 7.53. The van der Waals surface area contributed by atoms with Crippen LogP contribution in [0, 0.1) is 6.92 Å². The topological polar surface area (TPSA) is 87.4 Å². The van der Waals surface area contributed by atoms with Crippen molar-refractivity contribution in [1.29, 1.82) is 0 Å². The number of anilines is 1. The van der Waals surface area contributed by atoms with Gasteiger partial charge in [0.25, 0.3) is 5.56 Å². The average Bonchev–Trinajstić information content (AvgIpc) is 3.06. The first-order valence-corrected chi connectivity index (χ1v) is 10.2. The van der Waals surface area contributed by atoms with Crippen molar-refractivity contribution in [2.75, 3.05) is 19.5 Å². The Kier molecular flexibility index (Phi) is 5.87. The molecule has 32 heavy (non-hydrogen) atoms. The zero-order valence-electron chi connectivity index (χ0n) is 17.8. The number of benzene rings is 2.